The van der Waals surface area contributed by atoms with Crippen molar-refractivity contribution in [1.82, 2.24) is 4.98 Å². The van der Waals surface area contributed by atoms with Gasteiger partial charge in [-0.05, 0) is 83.0 Å². The molecule has 0 amide bonds. The number of nitrogens with zero attached hydrogens (tertiary/aromatic N) is 2. The summed E-state index contributed by atoms with van der Waals surface area (Å²) in [5, 5.41) is 0. The third-order valence-electron chi connectivity index (χ3n) is 2.97. The first-order chi connectivity index (χ1) is 8.80. The Labute approximate surface area is 133 Å². The van der Waals surface area contributed by atoms with Crippen LogP contribution in [0.3, 0.4) is 0 Å². The maximum atomic E-state index is 11.9. The average molecular weight is 408 g/mol. The van der Waals surface area contributed by atoms with Crippen LogP contribution < -0.4 is 0 Å². The SMILES string of the molecule is CC(C)(C)[S+]([O-])/N=C\c1nc(Br)c2c(c1Br)CCC2. The summed E-state index contributed by atoms with van der Waals surface area (Å²) < 4.78 is 17.6. The molecule has 2 rings (SSSR count). The van der Waals surface area contributed by atoms with Crippen molar-refractivity contribution in [2.75, 3.05) is 0 Å². The fourth-order valence-corrected chi connectivity index (χ4v) is 3.70. The van der Waals surface area contributed by atoms with E-state index in [0.717, 1.165) is 34.0 Å². The number of halogens is 2. The Hall–Kier alpha value is 0.0900. The van der Waals surface area contributed by atoms with E-state index >= 15 is 0 Å². The van der Waals surface area contributed by atoms with Gasteiger partial charge in [0.15, 0.2) is 0 Å². The highest BCUT2D eigenvalue weighted by molar-refractivity contribution is 9.11. The largest absolute Gasteiger partial charge is 0.591 e. The predicted octanol–water partition coefficient (Wildman–Crippen LogP) is 3.98. The van der Waals surface area contributed by atoms with Crippen LogP contribution in [-0.4, -0.2) is 20.5 Å². The van der Waals surface area contributed by atoms with Gasteiger partial charge in [-0.1, -0.05) is 4.40 Å². The molecular formula is C13H16Br2N2OS. The molecule has 0 saturated heterocycles. The van der Waals surface area contributed by atoms with Crippen molar-refractivity contribution < 1.29 is 4.55 Å². The van der Waals surface area contributed by atoms with Crippen LogP contribution >= 0.6 is 31.9 Å². The van der Waals surface area contributed by atoms with E-state index in [1.165, 1.54) is 11.1 Å². The lowest BCUT2D eigenvalue weighted by Crippen LogP contribution is -2.25. The van der Waals surface area contributed by atoms with Gasteiger partial charge in [-0.15, -0.1) is 0 Å². The maximum Gasteiger partial charge on any atom is 0.144 e. The second kappa shape index (κ2) is 5.84. The predicted molar refractivity (Wildman–Crippen MR) is 87.2 cm³/mol. The molecule has 1 heterocycles. The normalized spacial score (nSPS) is 16.9. The van der Waals surface area contributed by atoms with Crippen molar-refractivity contribution in [1.29, 1.82) is 0 Å². The van der Waals surface area contributed by atoms with E-state index in [-0.39, 0.29) is 4.75 Å². The van der Waals surface area contributed by atoms with Crippen molar-refractivity contribution in [2.45, 2.75) is 44.8 Å². The molecule has 0 bridgehead atoms. The van der Waals surface area contributed by atoms with Crippen LogP contribution in [0.2, 0.25) is 0 Å². The Morgan fingerprint density at radius 2 is 1.89 bits per heavy atom. The molecule has 104 valence electrons. The molecule has 0 saturated carbocycles. The first kappa shape index (κ1) is 15.5. The van der Waals surface area contributed by atoms with Gasteiger partial charge in [0.2, 0.25) is 0 Å². The molecular weight excluding hydrogens is 392 g/mol. The molecule has 1 aliphatic rings. The average Bonchev–Trinajstić information content (AvgIpc) is 2.80. The Morgan fingerprint density at radius 1 is 1.26 bits per heavy atom. The number of pyridine rings is 1. The Balaban J connectivity index is 2.32. The van der Waals surface area contributed by atoms with Gasteiger partial charge in [0, 0.05) is 4.47 Å². The van der Waals surface area contributed by atoms with E-state index in [1.807, 2.05) is 20.8 Å². The highest BCUT2D eigenvalue weighted by Gasteiger charge is 2.26. The van der Waals surface area contributed by atoms with Gasteiger partial charge in [0.25, 0.3) is 0 Å². The van der Waals surface area contributed by atoms with Crippen LogP contribution in [0.15, 0.2) is 13.5 Å². The number of rotatable bonds is 2. The van der Waals surface area contributed by atoms with Crippen LogP contribution in [0.4, 0.5) is 0 Å². The van der Waals surface area contributed by atoms with Gasteiger partial charge in [-0.2, -0.15) is 0 Å². The fraction of sp³-hybridized carbons (Fsp3) is 0.538. The first-order valence-electron chi connectivity index (χ1n) is 6.13. The molecule has 0 N–H and O–H groups in total. The van der Waals surface area contributed by atoms with Gasteiger partial charge in [0.05, 0.1) is 0 Å². The zero-order valence-corrected chi connectivity index (χ0v) is 15.2. The van der Waals surface area contributed by atoms with E-state index in [2.05, 4.69) is 41.2 Å². The zero-order chi connectivity index (χ0) is 14.2. The molecule has 19 heavy (non-hydrogen) atoms. The summed E-state index contributed by atoms with van der Waals surface area (Å²) in [7, 11) is 0. The molecule has 0 fully saturated rings. The van der Waals surface area contributed by atoms with Gasteiger partial charge < -0.3 is 4.55 Å². The summed E-state index contributed by atoms with van der Waals surface area (Å²) in [5.41, 5.74) is 3.32. The Kier molecular flexibility index (Phi) is 4.75. The first-order valence-corrected chi connectivity index (χ1v) is 8.83. The molecule has 1 atom stereocenters. The van der Waals surface area contributed by atoms with Crippen molar-refractivity contribution in [2.24, 2.45) is 4.40 Å². The number of aromatic nitrogens is 1. The molecule has 1 aromatic rings. The fourth-order valence-electron chi connectivity index (χ4n) is 1.93. The molecule has 6 heteroatoms. The monoisotopic (exact) mass is 406 g/mol. The summed E-state index contributed by atoms with van der Waals surface area (Å²) in [6, 6.07) is 0. The van der Waals surface area contributed by atoms with Crippen LogP contribution in [0.5, 0.6) is 0 Å². The highest BCUT2D eigenvalue weighted by Crippen LogP contribution is 2.34. The third kappa shape index (κ3) is 3.40. The van der Waals surface area contributed by atoms with E-state index in [0.29, 0.717) is 0 Å². The lowest BCUT2D eigenvalue weighted by molar-refractivity contribution is 0.562. The van der Waals surface area contributed by atoms with E-state index in [4.69, 9.17) is 0 Å². The second-order valence-corrected chi connectivity index (χ2v) is 8.99. The van der Waals surface area contributed by atoms with Gasteiger partial charge in [0.1, 0.15) is 32.6 Å². The number of fused-ring (bicyclic) bond motifs is 1. The molecule has 0 aromatic carbocycles. The topological polar surface area (TPSA) is 48.3 Å². The van der Waals surface area contributed by atoms with Crippen molar-refractivity contribution in [3.63, 3.8) is 0 Å². The van der Waals surface area contributed by atoms with Crippen LogP contribution in [0, 0.1) is 0 Å². The summed E-state index contributed by atoms with van der Waals surface area (Å²) in [4.78, 5) is 4.48. The van der Waals surface area contributed by atoms with Crippen LogP contribution in [-0.2, 0) is 24.2 Å². The molecule has 0 aliphatic heterocycles. The molecule has 1 aliphatic carbocycles. The van der Waals surface area contributed by atoms with Gasteiger partial charge in [-0.25, -0.2) is 4.98 Å². The number of hydrogen-bond acceptors (Lipinski definition) is 3. The lowest BCUT2D eigenvalue weighted by atomic mass is 10.1. The standard InChI is InChI=1S/C13H16Br2N2OS/c1-13(2,3)19(18)16-7-10-11(14)8-5-4-6-9(8)12(15)17-10/h7H,4-6H2,1-3H3/b16-7-. The quantitative estimate of drug-likeness (QED) is 0.423. The minimum Gasteiger partial charge on any atom is -0.591 e. The van der Waals surface area contributed by atoms with E-state index in [9.17, 15) is 4.55 Å². The third-order valence-corrected chi connectivity index (χ3v) is 5.86. The van der Waals surface area contributed by atoms with Crippen LogP contribution in [0.25, 0.3) is 0 Å². The minimum absolute atomic E-state index is 0.350. The van der Waals surface area contributed by atoms with Gasteiger partial charge >= 0.3 is 0 Å². The van der Waals surface area contributed by atoms with E-state index in [1.54, 1.807) is 6.21 Å². The smallest absolute Gasteiger partial charge is 0.144 e. The molecule has 1 aromatic heterocycles. The zero-order valence-electron chi connectivity index (χ0n) is 11.2. The summed E-state index contributed by atoms with van der Waals surface area (Å²) in [6.07, 6.45) is 4.88. The lowest BCUT2D eigenvalue weighted by Gasteiger charge is -2.17. The van der Waals surface area contributed by atoms with Crippen molar-refractivity contribution in [3.8, 4) is 0 Å². The Morgan fingerprint density at radius 3 is 2.53 bits per heavy atom. The Bertz CT molecular complexity index is 526. The van der Waals surface area contributed by atoms with Crippen LogP contribution in [0.1, 0.15) is 44.0 Å². The molecule has 0 radical (unpaired) electrons. The molecule has 1 unspecified atom stereocenters. The minimum atomic E-state index is -1.26. The van der Waals surface area contributed by atoms with Crippen molar-refractivity contribution in [3.05, 3.63) is 25.9 Å². The molecule has 0 spiro atoms. The second-order valence-electron chi connectivity index (χ2n) is 5.51. The maximum absolute atomic E-state index is 11.9. The summed E-state index contributed by atoms with van der Waals surface area (Å²) in [5.74, 6) is 0. The summed E-state index contributed by atoms with van der Waals surface area (Å²) >= 11 is 5.85. The molecule has 3 nitrogen and oxygen atoms in total. The van der Waals surface area contributed by atoms with Crippen molar-refractivity contribution >= 4 is 49.4 Å². The number of hydrogen-bond donors (Lipinski definition) is 0. The summed E-state index contributed by atoms with van der Waals surface area (Å²) in [6.45, 7) is 5.71. The highest BCUT2D eigenvalue weighted by atomic mass is 79.9. The van der Waals surface area contributed by atoms with E-state index < -0.39 is 11.4 Å². The van der Waals surface area contributed by atoms with Gasteiger partial charge in [-0.3, -0.25) is 0 Å².